The number of sulfone groups is 1. The van der Waals surface area contributed by atoms with Crippen LogP contribution in [0.25, 0.3) is 0 Å². The maximum Gasteiger partial charge on any atom is 0.150 e. The van der Waals surface area contributed by atoms with E-state index in [1.54, 1.807) is 18.2 Å². The van der Waals surface area contributed by atoms with Crippen molar-refractivity contribution >= 4 is 33.0 Å². The van der Waals surface area contributed by atoms with Crippen LogP contribution < -0.4 is 11.3 Å². The lowest BCUT2D eigenvalue weighted by Crippen LogP contribution is -2.38. The van der Waals surface area contributed by atoms with Gasteiger partial charge in [0.15, 0.2) is 0 Å². The number of hydrogen-bond donors (Lipinski definition) is 2. The second-order valence-corrected chi connectivity index (χ2v) is 8.80. The van der Waals surface area contributed by atoms with Crippen molar-refractivity contribution in [3.05, 3.63) is 33.8 Å². The van der Waals surface area contributed by atoms with Gasteiger partial charge in [0, 0.05) is 21.9 Å². The van der Waals surface area contributed by atoms with Gasteiger partial charge in [-0.3, -0.25) is 11.3 Å². The van der Waals surface area contributed by atoms with Gasteiger partial charge in [0.2, 0.25) is 0 Å². The van der Waals surface area contributed by atoms with Gasteiger partial charge < -0.3 is 0 Å². The van der Waals surface area contributed by atoms with Crippen molar-refractivity contribution in [2.45, 2.75) is 37.0 Å². The fourth-order valence-corrected chi connectivity index (χ4v) is 4.96. The Labute approximate surface area is 135 Å². The lowest BCUT2D eigenvalue weighted by atomic mass is 9.81. The predicted molar refractivity (Wildman–Crippen MR) is 87.1 cm³/mol. The molecule has 0 bridgehead atoms. The van der Waals surface area contributed by atoms with E-state index >= 15 is 0 Å². The molecule has 0 spiro atoms. The Balaban J connectivity index is 2.29. The molecule has 1 aliphatic carbocycles. The molecule has 0 heterocycles. The van der Waals surface area contributed by atoms with E-state index in [1.165, 1.54) is 6.26 Å². The second kappa shape index (κ2) is 6.84. The van der Waals surface area contributed by atoms with Crippen molar-refractivity contribution in [3.8, 4) is 0 Å². The summed E-state index contributed by atoms with van der Waals surface area (Å²) in [7, 11) is -3.04. The quantitative estimate of drug-likeness (QED) is 0.646. The van der Waals surface area contributed by atoms with Gasteiger partial charge >= 0.3 is 0 Å². The highest BCUT2D eigenvalue weighted by Crippen LogP contribution is 2.40. The topological polar surface area (TPSA) is 72.2 Å². The number of nitrogens with one attached hydrogen (secondary N) is 1. The predicted octanol–water partition coefficient (Wildman–Crippen LogP) is 3.10. The summed E-state index contributed by atoms with van der Waals surface area (Å²) >= 11 is 12.5. The zero-order valence-corrected chi connectivity index (χ0v) is 14.2. The van der Waals surface area contributed by atoms with Crippen LogP contribution in [0.3, 0.4) is 0 Å². The maximum absolute atomic E-state index is 11.8. The summed E-state index contributed by atoms with van der Waals surface area (Å²) in [6.07, 6.45) is 4.36. The van der Waals surface area contributed by atoms with Crippen molar-refractivity contribution in [2.75, 3.05) is 6.26 Å². The van der Waals surface area contributed by atoms with E-state index in [9.17, 15) is 8.42 Å². The Morgan fingerprint density at radius 2 is 1.90 bits per heavy atom. The molecule has 1 aromatic rings. The highest BCUT2D eigenvalue weighted by Gasteiger charge is 2.34. The van der Waals surface area contributed by atoms with Gasteiger partial charge in [-0.2, -0.15) is 0 Å². The first-order chi connectivity index (χ1) is 9.84. The maximum atomic E-state index is 11.8. The number of nitrogens with two attached hydrogens (primary N) is 1. The normalized spacial score (nSPS) is 24.8. The van der Waals surface area contributed by atoms with Crippen molar-refractivity contribution in [3.63, 3.8) is 0 Å². The number of benzene rings is 1. The van der Waals surface area contributed by atoms with Crippen LogP contribution in [0, 0.1) is 5.92 Å². The molecule has 3 N–H and O–H groups in total. The van der Waals surface area contributed by atoms with E-state index < -0.39 is 9.84 Å². The smallest absolute Gasteiger partial charge is 0.150 e. The SMILES string of the molecule is CS(=O)(=O)C1CCCC(C(NN)c2c(Cl)cccc2Cl)C1. The standard InChI is InChI=1S/C14H20Cl2N2O2S/c1-21(19,20)10-5-2-4-9(8-10)14(18-17)13-11(15)6-3-7-12(13)16/h3,6-7,9-10,14,18H,2,4-5,8,17H2,1H3. The summed E-state index contributed by atoms with van der Waals surface area (Å²) in [5, 5.41) is 0.784. The Bertz CT molecular complexity index is 587. The molecule has 118 valence electrons. The molecule has 7 heteroatoms. The third kappa shape index (κ3) is 3.90. The zero-order chi connectivity index (χ0) is 15.6. The first-order valence-electron chi connectivity index (χ1n) is 6.93. The van der Waals surface area contributed by atoms with Crippen LogP contribution in [0.4, 0.5) is 0 Å². The Kier molecular flexibility index (Phi) is 5.54. The Morgan fingerprint density at radius 1 is 1.29 bits per heavy atom. The summed E-state index contributed by atoms with van der Waals surface area (Å²) in [6.45, 7) is 0. The van der Waals surface area contributed by atoms with E-state index in [2.05, 4.69) is 5.43 Å². The van der Waals surface area contributed by atoms with Crippen molar-refractivity contribution in [1.82, 2.24) is 5.43 Å². The van der Waals surface area contributed by atoms with Gasteiger partial charge in [-0.05, 0) is 37.3 Å². The van der Waals surface area contributed by atoms with Crippen LogP contribution in [0.2, 0.25) is 10.0 Å². The molecule has 1 fully saturated rings. The van der Waals surface area contributed by atoms with Crippen molar-refractivity contribution < 1.29 is 8.42 Å². The molecular weight excluding hydrogens is 331 g/mol. The van der Waals surface area contributed by atoms with Crippen LogP contribution >= 0.6 is 23.2 Å². The van der Waals surface area contributed by atoms with Gasteiger partial charge in [0.25, 0.3) is 0 Å². The van der Waals surface area contributed by atoms with Crippen LogP contribution in [-0.4, -0.2) is 19.9 Å². The zero-order valence-electron chi connectivity index (χ0n) is 11.9. The average molecular weight is 351 g/mol. The van der Waals surface area contributed by atoms with E-state index in [4.69, 9.17) is 29.0 Å². The molecular formula is C14H20Cl2N2O2S. The minimum atomic E-state index is -3.04. The molecule has 2 rings (SSSR count). The lowest BCUT2D eigenvalue weighted by molar-refractivity contribution is 0.274. The summed E-state index contributed by atoms with van der Waals surface area (Å²) in [4.78, 5) is 0. The van der Waals surface area contributed by atoms with Gasteiger partial charge in [0.05, 0.1) is 11.3 Å². The molecule has 4 nitrogen and oxygen atoms in total. The minimum Gasteiger partial charge on any atom is -0.271 e. The third-order valence-electron chi connectivity index (χ3n) is 4.23. The largest absolute Gasteiger partial charge is 0.271 e. The molecule has 0 saturated heterocycles. The number of hydrazine groups is 1. The van der Waals surface area contributed by atoms with Crippen LogP contribution in [-0.2, 0) is 9.84 Å². The Hall–Kier alpha value is -0.330. The van der Waals surface area contributed by atoms with Crippen molar-refractivity contribution in [2.24, 2.45) is 11.8 Å². The van der Waals surface area contributed by atoms with E-state index in [-0.39, 0.29) is 17.2 Å². The first kappa shape index (κ1) is 17.0. The highest BCUT2D eigenvalue weighted by atomic mass is 35.5. The molecule has 1 aliphatic rings. The average Bonchev–Trinajstić information content (AvgIpc) is 2.42. The summed E-state index contributed by atoms with van der Waals surface area (Å²) < 4.78 is 23.6. The first-order valence-corrected chi connectivity index (χ1v) is 9.64. The molecule has 3 atom stereocenters. The molecule has 1 aromatic carbocycles. The molecule has 0 aromatic heterocycles. The number of halogens is 2. The Morgan fingerprint density at radius 3 is 2.43 bits per heavy atom. The van der Waals surface area contributed by atoms with E-state index in [0.717, 1.165) is 18.4 Å². The molecule has 0 radical (unpaired) electrons. The van der Waals surface area contributed by atoms with E-state index in [0.29, 0.717) is 22.9 Å². The molecule has 1 saturated carbocycles. The third-order valence-corrected chi connectivity index (χ3v) is 6.53. The van der Waals surface area contributed by atoms with Crippen molar-refractivity contribution in [1.29, 1.82) is 0 Å². The fourth-order valence-electron chi connectivity index (χ4n) is 3.14. The highest BCUT2D eigenvalue weighted by molar-refractivity contribution is 7.91. The summed E-state index contributed by atoms with van der Waals surface area (Å²) in [5.74, 6) is 5.81. The summed E-state index contributed by atoms with van der Waals surface area (Å²) in [6, 6.07) is 5.08. The lowest BCUT2D eigenvalue weighted by Gasteiger charge is -2.34. The molecule has 21 heavy (non-hydrogen) atoms. The van der Waals surface area contributed by atoms with E-state index in [1.807, 2.05) is 0 Å². The monoisotopic (exact) mass is 350 g/mol. The van der Waals surface area contributed by atoms with Crippen LogP contribution in [0.1, 0.15) is 37.3 Å². The fraction of sp³-hybridized carbons (Fsp3) is 0.571. The number of hydrogen-bond acceptors (Lipinski definition) is 4. The van der Waals surface area contributed by atoms with Gasteiger partial charge in [-0.25, -0.2) is 8.42 Å². The molecule has 0 amide bonds. The minimum absolute atomic E-state index is 0.0980. The van der Waals surface area contributed by atoms with Gasteiger partial charge in [0.1, 0.15) is 9.84 Å². The van der Waals surface area contributed by atoms with Gasteiger partial charge in [-0.15, -0.1) is 0 Å². The van der Waals surface area contributed by atoms with Crippen LogP contribution in [0.5, 0.6) is 0 Å². The number of rotatable bonds is 4. The molecule has 0 aliphatic heterocycles. The second-order valence-electron chi connectivity index (χ2n) is 5.66. The summed E-state index contributed by atoms with van der Waals surface area (Å²) in [5.41, 5.74) is 3.53. The molecule has 3 unspecified atom stereocenters. The van der Waals surface area contributed by atoms with Crippen LogP contribution in [0.15, 0.2) is 18.2 Å². The van der Waals surface area contributed by atoms with Gasteiger partial charge in [-0.1, -0.05) is 35.7 Å².